The fraction of sp³-hybridized carbons (Fsp3) is 0.312. The highest BCUT2D eigenvalue weighted by atomic mass is 17.5. The predicted octanol–water partition coefficient (Wildman–Crippen LogP) is 2.40. The van der Waals surface area contributed by atoms with Crippen LogP contribution in [0.5, 0.6) is 0 Å². The predicted molar refractivity (Wildman–Crippen MR) is 79.3 cm³/mol. The molecule has 0 unspecified atom stereocenters. The Morgan fingerprint density at radius 1 is 1.26 bits per heavy atom. The van der Waals surface area contributed by atoms with Crippen LogP contribution in [0.3, 0.4) is 0 Å². The summed E-state index contributed by atoms with van der Waals surface area (Å²) in [4.78, 5) is 43.8. The van der Waals surface area contributed by atoms with Crippen molar-refractivity contribution in [2.75, 3.05) is 6.61 Å². The number of carbonyl (C=O) groups excluding carboxylic acids is 2. The summed E-state index contributed by atoms with van der Waals surface area (Å²) < 4.78 is 0. The Balaban J connectivity index is 2.82. The normalized spacial score (nSPS) is 11.1. The molecule has 0 aromatic heterocycles. The average Bonchev–Trinajstić information content (AvgIpc) is 2.51. The van der Waals surface area contributed by atoms with E-state index in [4.69, 9.17) is 5.11 Å². The molecular formula is C16H18O7. The first kappa shape index (κ1) is 18.5. The number of rotatable bonds is 9. The number of unbranched alkanes of at least 4 members (excludes halogenated alkanes) is 1. The lowest BCUT2D eigenvalue weighted by molar-refractivity contribution is -0.485. The molecule has 0 heterocycles. The third-order valence-electron chi connectivity index (χ3n) is 2.75. The van der Waals surface area contributed by atoms with Gasteiger partial charge in [0.2, 0.25) is 5.78 Å². The van der Waals surface area contributed by atoms with Crippen LogP contribution < -0.4 is 0 Å². The summed E-state index contributed by atoms with van der Waals surface area (Å²) in [6.07, 6.45) is 2.02. The standard InChI is InChI=1S/C16H18O7/c1-3-4-8-21-23-22-16(20)13(10-14(17)18)15(19)12-7-5-6-11(2)9-12/h5-7,9-10H,3-4,8H2,1-2H3,(H,17,18). The van der Waals surface area contributed by atoms with Crippen molar-refractivity contribution < 1.29 is 34.3 Å². The molecule has 1 aromatic rings. The van der Waals surface area contributed by atoms with Gasteiger partial charge in [-0.15, -0.1) is 0 Å². The minimum absolute atomic E-state index is 0.168. The topological polar surface area (TPSA) is 99.1 Å². The van der Waals surface area contributed by atoms with Gasteiger partial charge in [0.25, 0.3) is 0 Å². The molecule has 1 rings (SSSR count). The first-order valence-corrected chi connectivity index (χ1v) is 7.02. The Morgan fingerprint density at radius 2 is 2.00 bits per heavy atom. The minimum Gasteiger partial charge on any atom is -0.478 e. The van der Waals surface area contributed by atoms with Gasteiger partial charge in [-0.1, -0.05) is 37.1 Å². The molecule has 0 aliphatic carbocycles. The van der Waals surface area contributed by atoms with Crippen LogP contribution in [0, 0.1) is 6.92 Å². The van der Waals surface area contributed by atoms with Crippen LogP contribution in [0.1, 0.15) is 35.7 Å². The van der Waals surface area contributed by atoms with Gasteiger partial charge in [0, 0.05) is 11.6 Å². The summed E-state index contributed by atoms with van der Waals surface area (Å²) in [6.45, 7) is 3.90. The Hall–Kier alpha value is -2.51. The first-order chi connectivity index (χ1) is 11.0. The zero-order valence-electron chi connectivity index (χ0n) is 12.9. The van der Waals surface area contributed by atoms with Crippen molar-refractivity contribution in [3.05, 3.63) is 47.0 Å². The third-order valence-corrected chi connectivity index (χ3v) is 2.75. The number of aryl methyl sites for hydroxylation is 1. The minimum atomic E-state index is -1.45. The molecular weight excluding hydrogens is 304 g/mol. The second-order valence-electron chi connectivity index (χ2n) is 4.71. The number of carboxylic acids is 1. The van der Waals surface area contributed by atoms with Gasteiger partial charge in [-0.3, -0.25) is 9.68 Å². The molecule has 0 saturated heterocycles. The number of carbonyl (C=O) groups is 3. The van der Waals surface area contributed by atoms with Crippen molar-refractivity contribution in [2.24, 2.45) is 0 Å². The van der Waals surface area contributed by atoms with Gasteiger partial charge in [-0.2, -0.15) is 4.89 Å². The van der Waals surface area contributed by atoms with E-state index in [1.165, 1.54) is 12.1 Å². The SMILES string of the molecule is CCCCOOOC(=O)C(=CC(=O)O)C(=O)c1cccc(C)c1. The van der Waals surface area contributed by atoms with E-state index in [2.05, 4.69) is 14.8 Å². The number of ketones is 1. The van der Waals surface area contributed by atoms with Gasteiger partial charge < -0.3 is 5.11 Å². The Labute approximate surface area is 133 Å². The first-order valence-electron chi connectivity index (χ1n) is 7.02. The lowest BCUT2D eigenvalue weighted by Gasteiger charge is -2.06. The Bertz CT molecular complexity index is 604. The van der Waals surface area contributed by atoms with Crippen molar-refractivity contribution in [2.45, 2.75) is 26.7 Å². The van der Waals surface area contributed by atoms with E-state index in [-0.39, 0.29) is 12.2 Å². The maximum atomic E-state index is 12.3. The molecule has 23 heavy (non-hydrogen) atoms. The smallest absolute Gasteiger partial charge is 0.380 e. The Kier molecular flexibility index (Phi) is 7.65. The highest BCUT2D eigenvalue weighted by Crippen LogP contribution is 2.12. The zero-order valence-corrected chi connectivity index (χ0v) is 12.9. The summed E-state index contributed by atoms with van der Waals surface area (Å²) >= 11 is 0. The van der Waals surface area contributed by atoms with Crippen molar-refractivity contribution in [1.82, 2.24) is 0 Å². The van der Waals surface area contributed by atoms with E-state index < -0.39 is 23.3 Å². The Morgan fingerprint density at radius 3 is 2.61 bits per heavy atom. The van der Waals surface area contributed by atoms with Crippen LogP contribution in [0.2, 0.25) is 0 Å². The molecule has 0 aliphatic rings. The van der Waals surface area contributed by atoms with Crippen LogP contribution in [-0.4, -0.2) is 29.4 Å². The molecule has 0 spiro atoms. The quantitative estimate of drug-likeness (QED) is 0.142. The van der Waals surface area contributed by atoms with Crippen molar-refractivity contribution in [1.29, 1.82) is 0 Å². The molecule has 0 saturated carbocycles. The van der Waals surface area contributed by atoms with Crippen LogP contribution in [0.15, 0.2) is 35.9 Å². The number of benzene rings is 1. The molecule has 0 bridgehead atoms. The van der Waals surface area contributed by atoms with Crippen LogP contribution in [-0.2, 0) is 24.4 Å². The van der Waals surface area contributed by atoms with E-state index in [0.717, 1.165) is 12.0 Å². The highest BCUT2D eigenvalue weighted by molar-refractivity contribution is 6.25. The average molecular weight is 322 g/mol. The van der Waals surface area contributed by atoms with Crippen LogP contribution in [0.25, 0.3) is 0 Å². The summed E-state index contributed by atoms with van der Waals surface area (Å²) in [5, 5.41) is 13.1. The highest BCUT2D eigenvalue weighted by Gasteiger charge is 2.24. The monoisotopic (exact) mass is 322 g/mol. The fourth-order valence-corrected chi connectivity index (χ4v) is 1.62. The lowest BCUT2D eigenvalue weighted by Crippen LogP contribution is -2.18. The number of hydrogen-bond acceptors (Lipinski definition) is 6. The largest absolute Gasteiger partial charge is 0.478 e. The van der Waals surface area contributed by atoms with Gasteiger partial charge in [0.05, 0.1) is 6.61 Å². The van der Waals surface area contributed by atoms with Gasteiger partial charge in [0.15, 0.2) is 0 Å². The second kappa shape index (κ2) is 9.50. The molecule has 0 aliphatic heterocycles. The summed E-state index contributed by atoms with van der Waals surface area (Å²) in [7, 11) is 0. The summed E-state index contributed by atoms with van der Waals surface area (Å²) in [5.74, 6) is -3.47. The van der Waals surface area contributed by atoms with E-state index >= 15 is 0 Å². The zero-order chi connectivity index (χ0) is 17.2. The van der Waals surface area contributed by atoms with Crippen molar-refractivity contribution >= 4 is 17.7 Å². The number of carboxylic acid groups (broad SMARTS) is 1. The molecule has 7 heteroatoms. The van der Waals surface area contributed by atoms with Gasteiger partial charge in [-0.05, 0) is 24.4 Å². The summed E-state index contributed by atoms with van der Waals surface area (Å²) in [6, 6.07) is 6.39. The van der Waals surface area contributed by atoms with Crippen molar-refractivity contribution in [3.8, 4) is 0 Å². The van der Waals surface area contributed by atoms with Crippen molar-refractivity contribution in [3.63, 3.8) is 0 Å². The van der Waals surface area contributed by atoms with E-state index in [9.17, 15) is 14.4 Å². The second-order valence-corrected chi connectivity index (χ2v) is 4.71. The molecule has 7 nitrogen and oxygen atoms in total. The molecule has 124 valence electrons. The molecule has 0 atom stereocenters. The molecule has 0 amide bonds. The maximum absolute atomic E-state index is 12.3. The molecule has 0 fully saturated rings. The lowest BCUT2D eigenvalue weighted by atomic mass is 10.0. The third kappa shape index (κ3) is 6.41. The number of Topliss-reactive ketones (excluding diaryl/α,β-unsaturated/α-hetero) is 1. The van der Waals surface area contributed by atoms with Gasteiger partial charge >= 0.3 is 11.9 Å². The van der Waals surface area contributed by atoms with E-state index in [1.807, 2.05) is 6.92 Å². The molecule has 1 aromatic carbocycles. The maximum Gasteiger partial charge on any atom is 0.380 e. The number of aliphatic carboxylic acids is 1. The number of hydrogen-bond donors (Lipinski definition) is 1. The molecule has 1 N–H and O–H groups in total. The summed E-state index contributed by atoms with van der Waals surface area (Å²) in [5.41, 5.74) is 0.293. The van der Waals surface area contributed by atoms with E-state index in [0.29, 0.717) is 12.5 Å². The fourth-order valence-electron chi connectivity index (χ4n) is 1.62. The van der Waals surface area contributed by atoms with Crippen LogP contribution >= 0.6 is 0 Å². The van der Waals surface area contributed by atoms with Crippen LogP contribution in [0.4, 0.5) is 0 Å². The van der Waals surface area contributed by atoms with Gasteiger partial charge in [-0.25, -0.2) is 9.59 Å². The molecule has 0 radical (unpaired) electrons. The van der Waals surface area contributed by atoms with Gasteiger partial charge in [0.1, 0.15) is 5.57 Å². The van der Waals surface area contributed by atoms with E-state index in [1.54, 1.807) is 19.1 Å².